The zero-order valence-corrected chi connectivity index (χ0v) is 10.4. The largest absolute Gasteiger partial charge is 0.508 e. The molecular formula is C14H21NO2. The van der Waals surface area contributed by atoms with Gasteiger partial charge in [0, 0.05) is 31.5 Å². The Labute approximate surface area is 103 Å². The lowest BCUT2D eigenvalue weighted by atomic mass is 10.1. The molecule has 1 aromatic rings. The Morgan fingerprint density at radius 2 is 2.24 bits per heavy atom. The molecule has 1 aliphatic rings. The van der Waals surface area contributed by atoms with E-state index < -0.39 is 0 Å². The molecule has 0 aromatic heterocycles. The molecule has 1 unspecified atom stereocenters. The molecule has 3 heteroatoms. The van der Waals surface area contributed by atoms with Gasteiger partial charge in [-0.15, -0.1) is 0 Å². The van der Waals surface area contributed by atoms with Crippen molar-refractivity contribution in [2.75, 3.05) is 24.6 Å². The monoisotopic (exact) mass is 235 g/mol. The predicted molar refractivity (Wildman–Crippen MR) is 69.5 cm³/mol. The van der Waals surface area contributed by atoms with Gasteiger partial charge in [0.25, 0.3) is 0 Å². The molecule has 3 nitrogen and oxygen atoms in total. The highest BCUT2D eigenvalue weighted by molar-refractivity contribution is 5.54. The van der Waals surface area contributed by atoms with Gasteiger partial charge in [-0.1, -0.05) is 13.0 Å². The smallest absolute Gasteiger partial charge is 0.120 e. The lowest BCUT2D eigenvalue weighted by molar-refractivity contribution is 0.263. The van der Waals surface area contributed by atoms with Gasteiger partial charge >= 0.3 is 0 Å². The van der Waals surface area contributed by atoms with Crippen LogP contribution < -0.4 is 4.90 Å². The number of aliphatic hydroxyl groups excluding tert-OH is 1. The molecule has 1 heterocycles. The molecule has 17 heavy (non-hydrogen) atoms. The van der Waals surface area contributed by atoms with Crippen molar-refractivity contribution >= 4 is 5.69 Å². The molecule has 2 rings (SSSR count). The molecule has 1 aromatic carbocycles. The first-order valence-corrected chi connectivity index (χ1v) is 6.42. The Kier molecular flexibility index (Phi) is 3.89. The summed E-state index contributed by atoms with van der Waals surface area (Å²) in [6.07, 6.45) is 2.88. The molecule has 1 saturated heterocycles. The summed E-state index contributed by atoms with van der Waals surface area (Å²) in [5.74, 6) is 0.989. The zero-order chi connectivity index (χ0) is 12.3. The lowest BCUT2D eigenvalue weighted by Crippen LogP contribution is -2.19. The van der Waals surface area contributed by atoms with Gasteiger partial charge in [0.15, 0.2) is 0 Å². The first-order valence-electron chi connectivity index (χ1n) is 6.42. The summed E-state index contributed by atoms with van der Waals surface area (Å²) in [4.78, 5) is 2.29. The number of hydrogen-bond donors (Lipinski definition) is 2. The fourth-order valence-corrected chi connectivity index (χ4v) is 2.53. The molecule has 1 fully saturated rings. The third-order valence-electron chi connectivity index (χ3n) is 3.64. The first kappa shape index (κ1) is 12.2. The summed E-state index contributed by atoms with van der Waals surface area (Å²) in [6, 6.07) is 5.95. The van der Waals surface area contributed by atoms with Crippen LogP contribution >= 0.6 is 0 Å². The van der Waals surface area contributed by atoms with Crippen molar-refractivity contribution in [3.8, 4) is 5.75 Å². The van der Waals surface area contributed by atoms with E-state index in [1.165, 1.54) is 0 Å². The van der Waals surface area contributed by atoms with E-state index in [0.717, 1.165) is 43.6 Å². The summed E-state index contributed by atoms with van der Waals surface area (Å²) in [5, 5.41) is 18.8. The molecule has 1 aliphatic heterocycles. The van der Waals surface area contributed by atoms with Crippen LogP contribution in [-0.2, 0) is 6.42 Å². The molecule has 0 spiro atoms. The summed E-state index contributed by atoms with van der Waals surface area (Å²) in [6.45, 7) is 4.33. The second-order valence-electron chi connectivity index (χ2n) is 4.78. The summed E-state index contributed by atoms with van der Waals surface area (Å²) in [5.41, 5.74) is 2.10. The maximum atomic E-state index is 9.85. The number of benzene rings is 1. The SMILES string of the molecule is CCc1ccc(N2CCC(CCO)C2)cc1O. The Bertz CT molecular complexity index is 378. The van der Waals surface area contributed by atoms with Crippen LogP contribution in [0, 0.1) is 5.92 Å². The number of hydrogen-bond acceptors (Lipinski definition) is 3. The normalized spacial score (nSPS) is 19.9. The number of aryl methyl sites for hydroxylation is 1. The number of nitrogens with zero attached hydrogens (tertiary/aromatic N) is 1. The molecule has 1 atom stereocenters. The summed E-state index contributed by atoms with van der Waals surface area (Å²) >= 11 is 0. The van der Waals surface area contributed by atoms with E-state index in [1.54, 1.807) is 0 Å². The van der Waals surface area contributed by atoms with Crippen molar-refractivity contribution in [2.45, 2.75) is 26.2 Å². The van der Waals surface area contributed by atoms with E-state index in [2.05, 4.69) is 11.0 Å². The quantitative estimate of drug-likeness (QED) is 0.840. The van der Waals surface area contributed by atoms with Crippen molar-refractivity contribution < 1.29 is 10.2 Å². The van der Waals surface area contributed by atoms with Gasteiger partial charge in [0.2, 0.25) is 0 Å². The van der Waals surface area contributed by atoms with Gasteiger partial charge in [-0.25, -0.2) is 0 Å². The topological polar surface area (TPSA) is 43.7 Å². The molecule has 0 aliphatic carbocycles. The van der Waals surface area contributed by atoms with E-state index in [0.29, 0.717) is 11.7 Å². The number of rotatable bonds is 4. The highest BCUT2D eigenvalue weighted by atomic mass is 16.3. The van der Waals surface area contributed by atoms with Gasteiger partial charge < -0.3 is 15.1 Å². The maximum Gasteiger partial charge on any atom is 0.120 e. The van der Waals surface area contributed by atoms with Crippen LogP contribution in [0.1, 0.15) is 25.3 Å². The van der Waals surface area contributed by atoms with Gasteiger partial charge in [0.05, 0.1) is 0 Å². The highest BCUT2D eigenvalue weighted by Crippen LogP contribution is 2.29. The molecular weight excluding hydrogens is 214 g/mol. The minimum absolute atomic E-state index is 0.276. The van der Waals surface area contributed by atoms with E-state index in [9.17, 15) is 5.11 Å². The van der Waals surface area contributed by atoms with Crippen molar-refractivity contribution in [1.82, 2.24) is 0 Å². The number of aliphatic hydroxyl groups is 1. The average Bonchev–Trinajstić information content (AvgIpc) is 2.78. The number of phenolic OH excluding ortho intramolecular Hbond substituents is 1. The number of aromatic hydroxyl groups is 1. The Balaban J connectivity index is 2.06. The van der Waals surface area contributed by atoms with Crippen LogP contribution in [0.5, 0.6) is 5.75 Å². The van der Waals surface area contributed by atoms with Gasteiger partial charge in [0.1, 0.15) is 5.75 Å². The Hall–Kier alpha value is -1.22. The standard InChI is InChI=1S/C14H21NO2/c1-2-12-3-4-13(9-14(12)17)15-7-5-11(10-15)6-8-16/h3-4,9,11,16-17H,2,5-8,10H2,1H3. The molecule has 94 valence electrons. The Morgan fingerprint density at radius 3 is 2.88 bits per heavy atom. The molecule has 0 saturated carbocycles. The summed E-state index contributed by atoms with van der Waals surface area (Å²) in [7, 11) is 0. The van der Waals surface area contributed by atoms with Crippen LogP contribution in [0.4, 0.5) is 5.69 Å². The van der Waals surface area contributed by atoms with Crippen molar-refractivity contribution in [2.24, 2.45) is 5.92 Å². The van der Waals surface area contributed by atoms with E-state index in [-0.39, 0.29) is 6.61 Å². The van der Waals surface area contributed by atoms with Crippen LogP contribution in [0.2, 0.25) is 0 Å². The van der Waals surface area contributed by atoms with Gasteiger partial charge in [-0.2, -0.15) is 0 Å². The third-order valence-corrected chi connectivity index (χ3v) is 3.64. The van der Waals surface area contributed by atoms with Gasteiger partial charge in [-0.3, -0.25) is 0 Å². The van der Waals surface area contributed by atoms with Crippen LogP contribution in [0.3, 0.4) is 0 Å². The first-order chi connectivity index (χ1) is 8.24. The van der Waals surface area contributed by atoms with E-state index >= 15 is 0 Å². The van der Waals surface area contributed by atoms with E-state index in [1.807, 2.05) is 19.1 Å². The van der Waals surface area contributed by atoms with Crippen LogP contribution in [-0.4, -0.2) is 29.9 Å². The molecule has 0 radical (unpaired) electrons. The van der Waals surface area contributed by atoms with Crippen LogP contribution in [0.15, 0.2) is 18.2 Å². The molecule has 0 amide bonds. The van der Waals surface area contributed by atoms with Crippen molar-refractivity contribution in [1.29, 1.82) is 0 Å². The second kappa shape index (κ2) is 5.41. The number of phenols is 1. The fraction of sp³-hybridized carbons (Fsp3) is 0.571. The van der Waals surface area contributed by atoms with Crippen molar-refractivity contribution in [3.05, 3.63) is 23.8 Å². The zero-order valence-electron chi connectivity index (χ0n) is 10.4. The molecule has 0 bridgehead atoms. The minimum atomic E-state index is 0.276. The lowest BCUT2D eigenvalue weighted by Gasteiger charge is -2.19. The van der Waals surface area contributed by atoms with Gasteiger partial charge in [-0.05, 0) is 36.8 Å². The average molecular weight is 235 g/mol. The van der Waals surface area contributed by atoms with Crippen LogP contribution in [0.25, 0.3) is 0 Å². The Morgan fingerprint density at radius 1 is 1.41 bits per heavy atom. The predicted octanol–water partition coefficient (Wildman–Crippen LogP) is 2.16. The third kappa shape index (κ3) is 2.72. The fourth-order valence-electron chi connectivity index (χ4n) is 2.53. The number of anilines is 1. The summed E-state index contributed by atoms with van der Waals surface area (Å²) < 4.78 is 0. The second-order valence-corrected chi connectivity index (χ2v) is 4.78. The molecule has 2 N–H and O–H groups in total. The van der Waals surface area contributed by atoms with Crippen molar-refractivity contribution in [3.63, 3.8) is 0 Å². The van der Waals surface area contributed by atoms with E-state index in [4.69, 9.17) is 5.11 Å². The highest BCUT2D eigenvalue weighted by Gasteiger charge is 2.22. The minimum Gasteiger partial charge on any atom is -0.508 e. The maximum absolute atomic E-state index is 9.85.